The fraction of sp³-hybridized carbons (Fsp3) is 0.933. The lowest BCUT2D eigenvalue weighted by Gasteiger charge is -2.31. The van der Waals surface area contributed by atoms with Gasteiger partial charge in [0, 0.05) is 17.4 Å². The lowest BCUT2D eigenvalue weighted by Crippen LogP contribution is -2.46. The van der Waals surface area contributed by atoms with Crippen molar-refractivity contribution in [3.63, 3.8) is 0 Å². The van der Waals surface area contributed by atoms with Crippen LogP contribution in [-0.2, 0) is 4.79 Å². The van der Waals surface area contributed by atoms with Crippen LogP contribution in [0, 0.1) is 11.3 Å². The minimum atomic E-state index is -0.0968. The van der Waals surface area contributed by atoms with E-state index in [0.29, 0.717) is 0 Å². The molecule has 0 spiro atoms. The van der Waals surface area contributed by atoms with E-state index in [-0.39, 0.29) is 29.9 Å². The van der Waals surface area contributed by atoms with E-state index in [0.717, 1.165) is 32.1 Å². The average Bonchev–Trinajstić information content (AvgIpc) is 2.60. The zero-order valence-electron chi connectivity index (χ0n) is 11.6. The van der Waals surface area contributed by atoms with Crippen molar-refractivity contribution in [1.82, 2.24) is 5.32 Å². The molecule has 3 nitrogen and oxygen atoms in total. The summed E-state index contributed by atoms with van der Waals surface area (Å²) in [5.41, 5.74) is -0.0968. The summed E-state index contributed by atoms with van der Waals surface area (Å²) in [5.74, 6) is 0.458. The van der Waals surface area contributed by atoms with E-state index in [4.69, 9.17) is 0 Å². The molecule has 2 aliphatic rings. The molecule has 2 atom stereocenters. The fourth-order valence-corrected chi connectivity index (χ4v) is 3.50. The Morgan fingerprint density at radius 3 is 2.44 bits per heavy atom. The first kappa shape index (κ1) is 13.9. The van der Waals surface area contributed by atoms with Crippen LogP contribution in [-0.4, -0.2) is 23.7 Å². The van der Waals surface area contributed by atoms with E-state index in [9.17, 15) is 9.90 Å². The second kappa shape index (κ2) is 6.05. The van der Waals surface area contributed by atoms with Gasteiger partial charge in [-0.2, -0.15) is 0 Å². The topological polar surface area (TPSA) is 49.3 Å². The molecule has 2 rings (SSSR count). The van der Waals surface area contributed by atoms with E-state index in [1.807, 2.05) is 0 Å². The first-order valence-corrected chi connectivity index (χ1v) is 7.57. The predicted octanol–water partition coefficient (Wildman–Crippen LogP) is 2.62. The second-order valence-electron chi connectivity index (χ2n) is 6.45. The molecule has 0 aromatic heterocycles. The van der Waals surface area contributed by atoms with Gasteiger partial charge in [0.1, 0.15) is 0 Å². The van der Waals surface area contributed by atoms with E-state index in [1.165, 1.54) is 25.7 Å². The molecule has 2 saturated carbocycles. The van der Waals surface area contributed by atoms with Crippen LogP contribution in [0.4, 0.5) is 0 Å². The van der Waals surface area contributed by atoms with Crippen LogP contribution < -0.4 is 5.32 Å². The van der Waals surface area contributed by atoms with E-state index < -0.39 is 0 Å². The van der Waals surface area contributed by atoms with Gasteiger partial charge in [0.25, 0.3) is 0 Å². The van der Waals surface area contributed by atoms with Crippen molar-refractivity contribution in [3.8, 4) is 0 Å². The van der Waals surface area contributed by atoms with Crippen molar-refractivity contribution in [2.75, 3.05) is 6.61 Å². The Morgan fingerprint density at radius 2 is 1.83 bits per heavy atom. The molecular formula is C15H27NO2. The van der Waals surface area contributed by atoms with E-state index >= 15 is 0 Å². The van der Waals surface area contributed by atoms with Crippen LogP contribution >= 0.6 is 0 Å². The van der Waals surface area contributed by atoms with Crippen LogP contribution in [0.25, 0.3) is 0 Å². The third kappa shape index (κ3) is 3.05. The summed E-state index contributed by atoms with van der Waals surface area (Å²) in [6, 6.07) is 0.179. The zero-order valence-corrected chi connectivity index (χ0v) is 11.6. The zero-order chi connectivity index (χ0) is 13.0. The molecule has 0 heterocycles. The van der Waals surface area contributed by atoms with E-state index in [2.05, 4.69) is 12.2 Å². The first-order chi connectivity index (χ1) is 8.65. The molecule has 2 N–H and O–H groups in total. The minimum Gasteiger partial charge on any atom is -0.396 e. The largest absolute Gasteiger partial charge is 0.396 e. The fourth-order valence-electron chi connectivity index (χ4n) is 3.50. The van der Waals surface area contributed by atoms with Gasteiger partial charge in [-0.3, -0.25) is 4.79 Å². The van der Waals surface area contributed by atoms with Gasteiger partial charge in [0.05, 0.1) is 6.61 Å². The monoisotopic (exact) mass is 253 g/mol. The Kier molecular flexibility index (Phi) is 4.66. The summed E-state index contributed by atoms with van der Waals surface area (Å²) >= 11 is 0. The lowest BCUT2D eigenvalue weighted by atomic mass is 9.85. The summed E-state index contributed by atoms with van der Waals surface area (Å²) in [4.78, 5) is 12.3. The summed E-state index contributed by atoms with van der Waals surface area (Å²) in [6.07, 6.45) is 10.2. The van der Waals surface area contributed by atoms with Crippen LogP contribution in [0.3, 0.4) is 0 Å². The number of nitrogens with one attached hydrogen (secondary N) is 1. The Bertz CT molecular complexity index is 284. The molecule has 104 valence electrons. The molecular weight excluding hydrogens is 226 g/mol. The molecule has 2 unspecified atom stereocenters. The SMILES string of the molecule is CC1(CO)CCCC1NC(=O)C1CCCCCC1. The van der Waals surface area contributed by atoms with Crippen LogP contribution in [0.5, 0.6) is 0 Å². The quantitative estimate of drug-likeness (QED) is 0.760. The second-order valence-corrected chi connectivity index (χ2v) is 6.45. The van der Waals surface area contributed by atoms with Crippen molar-refractivity contribution in [3.05, 3.63) is 0 Å². The highest BCUT2D eigenvalue weighted by atomic mass is 16.3. The van der Waals surface area contributed by atoms with Crippen LogP contribution in [0.2, 0.25) is 0 Å². The van der Waals surface area contributed by atoms with Crippen LogP contribution in [0.15, 0.2) is 0 Å². The molecule has 2 fully saturated rings. The van der Waals surface area contributed by atoms with Gasteiger partial charge in [0.15, 0.2) is 0 Å². The molecule has 0 aromatic rings. The molecule has 0 bridgehead atoms. The highest BCUT2D eigenvalue weighted by Crippen LogP contribution is 2.37. The first-order valence-electron chi connectivity index (χ1n) is 7.57. The molecule has 3 heteroatoms. The maximum Gasteiger partial charge on any atom is 0.223 e. The number of amides is 1. The minimum absolute atomic E-state index is 0.0968. The Hall–Kier alpha value is -0.570. The van der Waals surface area contributed by atoms with Gasteiger partial charge in [-0.15, -0.1) is 0 Å². The molecule has 0 saturated heterocycles. The molecule has 2 aliphatic carbocycles. The maximum absolute atomic E-state index is 12.3. The smallest absolute Gasteiger partial charge is 0.223 e. The Balaban J connectivity index is 1.90. The van der Waals surface area contributed by atoms with Crippen molar-refractivity contribution >= 4 is 5.91 Å². The van der Waals surface area contributed by atoms with Gasteiger partial charge in [-0.05, 0) is 25.7 Å². The summed E-state index contributed by atoms with van der Waals surface area (Å²) in [6.45, 7) is 2.28. The number of aliphatic hydroxyl groups is 1. The Morgan fingerprint density at radius 1 is 1.17 bits per heavy atom. The maximum atomic E-state index is 12.3. The predicted molar refractivity (Wildman–Crippen MR) is 72.2 cm³/mol. The average molecular weight is 253 g/mol. The number of rotatable bonds is 3. The summed E-state index contributed by atoms with van der Waals surface area (Å²) in [5, 5.41) is 12.7. The third-order valence-corrected chi connectivity index (χ3v) is 4.99. The van der Waals surface area contributed by atoms with E-state index in [1.54, 1.807) is 0 Å². The highest BCUT2D eigenvalue weighted by molar-refractivity contribution is 5.79. The van der Waals surface area contributed by atoms with Gasteiger partial charge in [0.2, 0.25) is 5.91 Å². The van der Waals surface area contributed by atoms with Crippen molar-refractivity contribution in [2.24, 2.45) is 11.3 Å². The van der Waals surface area contributed by atoms with Crippen molar-refractivity contribution < 1.29 is 9.90 Å². The van der Waals surface area contributed by atoms with Gasteiger partial charge >= 0.3 is 0 Å². The molecule has 0 radical (unpaired) electrons. The number of carbonyl (C=O) groups excluding carboxylic acids is 1. The molecule has 0 aromatic carbocycles. The Labute approximate surface area is 110 Å². The number of carbonyl (C=O) groups is 1. The molecule has 1 amide bonds. The van der Waals surface area contributed by atoms with Gasteiger partial charge in [-0.25, -0.2) is 0 Å². The number of hydrogen-bond acceptors (Lipinski definition) is 2. The van der Waals surface area contributed by atoms with Crippen molar-refractivity contribution in [1.29, 1.82) is 0 Å². The normalized spacial score (nSPS) is 34.2. The highest BCUT2D eigenvalue weighted by Gasteiger charge is 2.39. The summed E-state index contributed by atoms with van der Waals surface area (Å²) < 4.78 is 0. The molecule has 0 aliphatic heterocycles. The van der Waals surface area contributed by atoms with Gasteiger partial charge in [-0.1, -0.05) is 39.0 Å². The van der Waals surface area contributed by atoms with Gasteiger partial charge < -0.3 is 10.4 Å². The number of aliphatic hydroxyl groups excluding tert-OH is 1. The van der Waals surface area contributed by atoms with Crippen LogP contribution in [0.1, 0.15) is 64.7 Å². The third-order valence-electron chi connectivity index (χ3n) is 4.99. The lowest BCUT2D eigenvalue weighted by molar-refractivity contribution is -0.127. The standard InChI is InChI=1S/C15H27NO2/c1-15(11-17)10-6-9-13(15)16-14(18)12-7-4-2-3-5-8-12/h12-13,17H,2-11H2,1H3,(H,16,18). The molecule has 18 heavy (non-hydrogen) atoms. The summed E-state index contributed by atoms with van der Waals surface area (Å²) in [7, 11) is 0. The van der Waals surface area contributed by atoms with Crippen molar-refractivity contribution in [2.45, 2.75) is 70.8 Å². The number of hydrogen-bond donors (Lipinski definition) is 2.